The quantitative estimate of drug-likeness (QED) is 0.340. The number of hydrogen-bond acceptors (Lipinski definition) is 5. The second-order valence-electron chi connectivity index (χ2n) is 7.41. The van der Waals surface area contributed by atoms with Crippen molar-refractivity contribution in [1.29, 1.82) is 0 Å². The summed E-state index contributed by atoms with van der Waals surface area (Å²) in [5.41, 5.74) is 4.87. The third kappa shape index (κ3) is 4.54. The Kier molecular flexibility index (Phi) is 5.41. The monoisotopic (exact) mass is 421 g/mol. The normalized spacial score (nSPS) is 10.8. The molecule has 2 aromatic heterocycles. The average molecular weight is 421 g/mol. The Hall–Kier alpha value is -4.32. The average Bonchev–Trinajstić information content (AvgIpc) is 2.83. The molecule has 0 saturated heterocycles. The van der Waals surface area contributed by atoms with Crippen LogP contribution < -0.4 is 10.6 Å². The van der Waals surface area contributed by atoms with Gasteiger partial charge in [0.15, 0.2) is 11.6 Å². The van der Waals surface area contributed by atoms with Crippen molar-refractivity contribution in [3.63, 3.8) is 0 Å². The van der Waals surface area contributed by atoms with Crippen molar-refractivity contribution >= 4 is 34.0 Å². The maximum Gasteiger partial charge on any atom is 0.229 e. The zero-order chi connectivity index (χ0) is 21.8. The molecule has 3 aromatic carbocycles. The zero-order valence-corrected chi connectivity index (χ0v) is 17.2. The molecule has 5 aromatic rings. The molecule has 0 aliphatic heterocycles. The Balaban J connectivity index is 1.31. The van der Waals surface area contributed by atoms with E-state index in [4.69, 9.17) is 0 Å². The second kappa shape index (κ2) is 8.81. The molecule has 0 saturated carbocycles. The third-order valence-corrected chi connectivity index (χ3v) is 5.07. The number of pyridine rings is 1. The minimum atomic E-state index is -0.522. The van der Waals surface area contributed by atoms with Gasteiger partial charge >= 0.3 is 0 Å². The van der Waals surface area contributed by atoms with Gasteiger partial charge in [-0.25, -0.2) is 9.37 Å². The zero-order valence-electron chi connectivity index (χ0n) is 17.2. The lowest BCUT2D eigenvalue weighted by Crippen LogP contribution is -2.03. The minimum absolute atomic E-state index is 0.112. The largest absolute Gasteiger partial charge is 0.338 e. The molecule has 6 heteroatoms. The summed E-state index contributed by atoms with van der Waals surface area (Å²) in [6, 6.07) is 27.8. The molecule has 2 heterocycles. The second-order valence-corrected chi connectivity index (χ2v) is 7.41. The van der Waals surface area contributed by atoms with E-state index in [1.807, 2.05) is 72.8 Å². The molecular formula is C26H20FN5. The van der Waals surface area contributed by atoms with Gasteiger partial charge in [-0.1, -0.05) is 48.5 Å². The molecule has 0 atom stereocenters. The lowest BCUT2D eigenvalue weighted by atomic mass is 10.0. The number of nitrogens with zero attached hydrogens (tertiary/aromatic N) is 3. The molecule has 0 spiro atoms. The summed E-state index contributed by atoms with van der Waals surface area (Å²) in [7, 11) is 0. The predicted molar refractivity (Wildman–Crippen MR) is 126 cm³/mol. The van der Waals surface area contributed by atoms with Crippen LogP contribution in [-0.2, 0) is 6.42 Å². The van der Waals surface area contributed by atoms with Crippen molar-refractivity contribution in [3.05, 3.63) is 114 Å². The Morgan fingerprint density at radius 1 is 0.719 bits per heavy atom. The van der Waals surface area contributed by atoms with Crippen LogP contribution in [0.5, 0.6) is 0 Å². The summed E-state index contributed by atoms with van der Waals surface area (Å²) in [5.74, 6) is -0.106. The van der Waals surface area contributed by atoms with E-state index in [1.54, 1.807) is 6.20 Å². The van der Waals surface area contributed by atoms with Gasteiger partial charge < -0.3 is 10.6 Å². The predicted octanol–water partition coefficient (Wildman–Crippen LogP) is 6.24. The molecule has 0 amide bonds. The fourth-order valence-corrected chi connectivity index (χ4v) is 3.47. The Labute approximate surface area is 185 Å². The lowest BCUT2D eigenvalue weighted by Gasteiger charge is -2.10. The van der Waals surface area contributed by atoms with E-state index < -0.39 is 5.82 Å². The maximum atomic E-state index is 14.3. The SMILES string of the molecule is Fc1cnc(Nc2ccc3ncccc3c2)nc1Nc1ccc(Cc2ccccc2)cc1. The lowest BCUT2D eigenvalue weighted by molar-refractivity contribution is 0.619. The number of hydrogen-bond donors (Lipinski definition) is 2. The Morgan fingerprint density at radius 2 is 1.50 bits per heavy atom. The molecule has 0 bridgehead atoms. The van der Waals surface area contributed by atoms with Crippen molar-refractivity contribution in [2.24, 2.45) is 0 Å². The van der Waals surface area contributed by atoms with Gasteiger partial charge in [-0.15, -0.1) is 0 Å². The van der Waals surface area contributed by atoms with Crippen molar-refractivity contribution in [2.45, 2.75) is 6.42 Å². The van der Waals surface area contributed by atoms with Crippen molar-refractivity contribution in [3.8, 4) is 0 Å². The Morgan fingerprint density at radius 3 is 2.34 bits per heavy atom. The highest BCUT2D eigenvalue weighted by Gasteiger charge is 2.09. The molecule has 32 heavy (non-hydrogen) atoms. The van der Waals surface area contributed by atoms with Crippen molar-refractivity contribution in [2.75, 3.05) is 10.6 Å². The summed E-state index contributed by atoms with van der Waals surface area (Å²) >= 11 is 0. The molecule has 0 radical (unpaired) electrons. The number of nitrogens with one attached hydrogen (secondary N) is 2. The molecule has 0 aliphatic carbocycles. The van der Waals surface area contributed by atoms with Gasteiger partial charge in [0.25, 0.3) is 0 Å². The van der Waals surface area contributed by atoms with Gasteiger partial charge in [0.2, 0.25) is 5.95 Å². The van der Waals surface area contributed by atoms with E-state index in [2.05, 4.69) is 37.7 Å². The Bertz CT molecular complexity index is 1350. The fraction of sp³-hybridized carbons (Fsp3) is 0.0385. The van der Waals surface area contributed by atoms with Crippen molar-refractivity contribution in [1.82, 2.24) is 15.0 Å². The topological polar surface area (TPSA) is 62.7 Å². The number of benzene rings is 3. The van der Waals surface area contributed by atoms with Gasteiger partial charge in [-0.05, 0) is 53.9 Å². The van der Waals surface area contributed by atoms with E-state index in [0.29, 0.717) is 5.95 Å². The first-order valence-corrected chi connectivity index (χ1v) is 10.3. The summed E-state index contributed by atoms with van der Waals surface area (Å²) in [6.07, 6.45) is 3.76. The van der Waals surface area contributed by atoms with Crippen LogP contribution in [0.15, 0.2) is 97.3 Å². The molecule has 5 nitrogen and oxygen atoms in total. The van der Waals surface area contributed by atoms with Gasteiger partial charge in [0.05, 0.1) is 11.7 Å². The molecule has 0 fully saturated rings. The molecular weight excluding hydrogens is 401 g/mol. The highest BCUT2D eigenvalue weighted by molar-refractivity contribution is 5.82. The molecule has 2 N–H and O–H groups in total. The van der Waals surface area contributed by atoms with E-state index in [9.17, 15) is 4.39 Å². The standard InChI is InChI=1S/C26H20FN5/c27-23-17-29-26(31-22-12-13-24-20(16-22)7-4-14-28-24)32-25(23)30-21-10-8-19(9-11-21)15-18-5-2-1-3-6-18/h1-14,16-17H,15H2,(H2,29,30,31,32). The van der Waals surface area contributed by atoms with Crippen LogP contribution in [-0.4, -0.2) is 15.0 Å². The van der Waals surface area contributed by atoms with Gasteiger partial charge in [-0.2, -0.15) is 4.98 Å². The smallest absolute Gasteiger partial charge is 0.229 e. The summed E-state index contributed by atoms with van der Waals surface area (Å²) in [4.78, 5) is 12.7. The fourth-order valence-electron chi connectivity index (χ4n) is 3.47. The maximum absolute atomic E-state index is 14.3. The molecule has 0 unspecified atom stereocenters. The number of fused-ring (bicyclic) bond motifs is 1. The number of halogens is 1. The summed E-state index contributed by atoms with van der Waals surface area (Å²) in [6.45, 7) is 0. The number of anilines is 4. The first-order chi connectivity index (χ1) is 15.7. The first kappa shape index (κ1) is 19.6. The van der Waals surface area contributed by atoms with Crippen molar-refractivity contribution < 1.29 is 4.39 Å². The minimum Gasteiger partial charge on any atom is -0.338 e. The van der Waals surface area contributed by atoms with Crippen LogP contribution in [0.3, 0.4) is 0 Å². The van der Waals surface area contributed by atoms with Crippen LogP contribution in [0, 0.1) is 5.82 Å². The molecule has 156 valence electrons. The van der Waals surface area contributed by atoms with Crippen LogP contribution in [0.4, 0.5) is 27.5 Å². The van der Waals surface area contributed by atoms with Gasteiger partial charge in [0.1, 0.15) is 0 Å². The van der Waals surface area contributed by atoms with E-state index in [-0.39, 0.29) is 5.82 Å². The van der Waals surface area contributed by atoms with Crippen LogP contribution in [0.1, 0.15) is 11.1 Å². The van der Waals surface area contributed by atoms with E-state index in [0.717, 1.165) is 34.9 Å². The van der Waals surface area contributed by atoms with Gasteiger partial charge in [-0.3, -0.25) is 4.98 Å². The van der Waals surface area contributed by atoms with E-state index >= 15 is 0 Å². The van der Waals surface area contributed by atoms with Crippen LogP contribution >= 0.6 is 0 Å². The highest BCUT2D eigenvalue weighted by Crippen LogP contribution is 2.23. The number of rotatable bonds is 6. The highest BCUT2D eigenvalue weighted by atomic mass is 19.1. The molecule has 0 aliphatic rings. The summed E-state index contributed by atoms with van der Waals surface area (Å²) in [5, 5.41) is 7.17. The number of aromatic nitrogens is 3. The third-order valence-electron chi connectivity index (χ3n) is 5.07. The van der Waals surface area contributed by atoms with Crippen LogP contribution in [0.2, 0.25) is 0 Å². The first-order valence-electron chi connectivity index (χ1n) is 10.3. The summed E-state index contributed by atoms with van der Waals surface area (Å²) < 4.78 is 14.3. The van der Waals surface area contributed by atoms with Gasteiger partial charge in [0, 0.05) is 23.0 Å². The molecule has 5 rings (SSSR count). The van der Waals surface area contributed by atoms with E-state index in [1.165, 1.54) is 11.1 Å². The van der Waals surface area contributed by atoms with Crippen LogP contribution in [0.25, 0.3) is 10.9 Å².